The lowest BCUT2D eigenvalue weighted by atomic mass is 9.42. The normalized spacial score (nSPS) is 44.5. The molecule has 4 nitrogen and oxygen atoms in total. The maximum absolute atomic E-state index is 12.4. The fraction of sp³-hybridized carbons (Fsp3) is 0.720. The largest absolute Gasteiger partial charge is 0.462 e. The Bertz CT molecular complexity index is 916. The maximum atomic E-state index is 12.4. The van der Waals surface area contributed by atoms with Gasteiger partial charge < -0.3 is 4.74 Å². The number of carbonyl (C=O) groups is 2. The van der Waals surface area contributed by atoms with E-state index in [4.69, 9.17) is 21.3 Å². The zero-order valence-electron chi connectivity index (χ0n) is 18.4. The van der Waals surface area contributed by atoms with Crippen LogP contribution < -0.4 is 0 Å². The third kappa shape index (κ3) is 2.75. The van der Waals surface area contributed by atoms with E-state index in [0.717, 1.165) is 31.4 Å². The molecular weight excluding hydrogens is 398 g/mol. The van der Waals surface area contributed by atoms with Crippen molar-refractivity contribution in [2.45, 2.75) is 77.7 Å². The standard InChI is InChI=1S/C25H32ClNO3/c1-13-18-12-16(29)7-9-24(18,3)17-8-10-25(4)19(21(17)22(13)30-14(2)28)11-15-5-6-20(26)27-23(15)25/h5-6,13,17-19,21-22H,7-12H2,1-4H3/t13-,17+,18-,19+,21-,22+,24-,25+/m1/s1. The minimum atomic E-state index is -0.208. The summed E-state index contributed by atoms with van der Waals surface area (Å²) in [6, 6.07) is 4.04. The van der Waals surface area contributed by atoms with Crippen LogP contribution in [-0.2, 0) is 26.2 Å². The minimum Gasteiger partial charge on any atom is -0.462 e. The Morgan fingerprint density at radius 3 is 2.67 bits per heavy atom. The second kappa shape index (κ2) is 6.79. The molecule has 1 aromatic rings. The Morgan fingerprint density at radius 1 is 1.17 bits per heavy atom. The lowest BCUT2D eigenvalue weighted by Crippen LogP contribution is -2.62. The van der Waals surface area contributed by atoms with Gasteiger partial charge in [0.15, 0.2) is 0 Å². The average Bonchev–Trinajstić information content (AvgIpc) is 2.98. The summed E-state index contributed by atoms with van der Waals surface area (Å²) in [5.74, 6) is 1.80. The molecule has 0 saturated heterocycles. The third-order valence-corrected chi connectivity index (χ3v) is 9.78. The number of hydrogen-bond donors (Lipinski definition) is 0. The zero-order valence-corrected chi connectivity index (χ0v) is 19.2. The Hall–Kier alpha value is -1.42. The van der Waals surface area contributed by atoms with E-state index in [0.29, 0.717) is 47.4 Å². The van der Waals surface area contributed by atoms with Crippen LogP contribution in [-0.4, -0.2) is 22.8 Å². The van der Waals surface area contributed by atoms with Gasteiger partial charge in [-0.1, -0.05) is 38.4 Å². The Kier molecular flexibility index (Phi) is 4.63. The number of Topliss-reactive ketones (excluding diaryl/α,β-unsaturated/α-hetero) is 1. The number of ketones is 1. The summed E-state index contributed by atoms with van der Waals surface area (Å²) in [5, 5.41) is 0.559. The summed E-state index contributed by atoms with van der Waals surface area (Å²) in [7, 11) is 0. The Balaban J connectivity index is 1.61. The van der Waals surface area contributed by atoms with Crippen molar-refractivity contribution < 1.29 is 14.3 Å². The number of ether oxygens (including phenoxy) is 1. The van der Waals surface area contributed by atoms with E-state index in [1.165, 1.54) is 12.5 Å². The van der Waals surface area contributed by atoms with Gasteiger partial charge in [-0.05, 0) is 66.4 Å². The number of aromatic nitrogens is 1. The van der Waals surface area contributed by atoms with Gasteiger partial charge in [-0.2, -0.15) is 0 Å². The van der Waals surface area contributed by atoms with Crippen molar-refractivity contribution >= 4 is 23.4 Å². The van der Waals surface area contributed by atoms with Crippen molar-refractivity contribution in [1.82, 2.24) is 4.98 Å². The van der Waals surface area contributed by atoms with Gasteiger partial charge in [-0.25, -0.2) is 4.98 Å². The first kappa shape index (κ1) is 20.5. The van der Waals surface area contributed by atoms with E-state index < -0.39 is 0 Å². The number of nitrogens with zero attached hydrogens (tertiary/aromatic N) is 1. The molecule has 30 heavy (non-hydrogen) atoms. The fourth-order valence-electron chi connectivity index (χ4n) is 8.16. The van der Waals surface area contributed by atoms with Gasteiger partial charge in [0.05, 0.1) is 5.69 Å². The molecule has 3 saturated carbocycles. The summed E-state index contributed by atoms with van der Waals surface area (Å²) in [5.41, 5.74) is 2.55. The van der Waals surface area contributed by atoms with E-state index in [-0.39, 0.29) is 28.8 Å². The van der Waals surface area contributed by atoms with Crippen LogP contribution in [0.3, 0.4) is 0 Å². The highest BCUT2D eigenvalue weighted by molar-refractivity contribution is 6.29. The van der Waals surface area contributed by atoms with E-state index in [1.54, 1.807) is 0 Å². The van der Waals surface area contributed by atoms with Crippen molar-refractivity contribution in [2.75, 3.05) is 0 Å². The lowest BCUT2D eigenvalue weighted by Gasteiger charge is -2.63. The number of esters is 1. The van der Waals surface area contributed by atoms with E-state index >= 15 is 0 Å². The predicted molar refractivity (Wildman–Crippen MR) is 115 cm³/mol. The predicted octanol–water partition coefficient (Wildman–Crippen LogP) is 5.15. The minimum absolute atomic E-state index is 0.0345. The first-order chi connectivity index (χ1) is 14.1. The van der Waals surface area contributed by atoms with Crippen LogP contribution in [0, 0.1) is 35.0 Å². The maximum Gasteiger partial charge on any atom is 0.302 e. The van der Waals surface area contributed by atoms with Gasteiger partial charge in [0, 0.05) is 31.1 Å². The molecule has 162 valence electrons. The molecule has 8 atom stereocenters. The van der Waals surface area contributed by atoms with E-state index in [1.807, 2.05) is 6.07 Å². The van der Waals surface area contributed by atoms with Gasteiger partial charge in [-0.3, -0.25) is 9.59 Å². The monoisotopic (exact) mass is 429 g/mol. The summed E-state index contributed by atoms with van der Waals surface area (Å²) >= 11 is 6.29. The Labute approximate surface area is 184 Å². The SMILES string of the molecule is CC(=O)O[C@H]1[C@H](C)[C@H]2CC(=O)CC[C@]2(C)[C@H]2CC[C@]3(C)c4nc(Cl)ccc4C[C@H]3[C@H]12. The van der Waals surface area contributed by atoms with Crippen LogP contribution in [0.5, 0.6) is 0 Å². The molecule has 0 N–H and O–H groups in total. The first-order valence-electron chi connectivity index (χ1n) is 11.5. The van der Waals surface area contributed by atoms with E-state index in [2.05, 4.69) is 26.8 Å². The van der Waals surface area contributed by atoms with Crippen molar-refractivity contribution in [3.63, 3.8) is 0 Å². The van der Waals surface area contributed by atoms with E-state index in [9.17, 15) is 9.59 Å². The fourth-order valence-corrected chi connectivity index (χ4v) is 8.31. The molecule has 0 amide bonds. The number of halogens is 1. The van der Waals surface area contributed by atoms with Crippen molar-refractivity contribution in [3.8, 4) is 0 Å². The van der Waals surface area contributed by atoms with Gasteiger partial charge in [0.2, 0.25) is 0 Å². The zero-order chi connectivity index (χ0) is 21.4. The third-order valence-electron chi connectivity index (χ3n) is 9.57. The van der Waals surface area contributed by atoms with Crippen molar-refractivity contribution in [3.05, 3.63) is 28.5 Å². The van der Waals surface area contributed by atoms with Crippen LogP contribution in [0.15, 0.2) is 12.1 Å². The molecule has 0 aliphatic heterocycles. The smallest absolute Gasteiger partial charge is 0.302 e. The highest BCUT2D eigenvalue weighted by Crippen LogP contribution is 2.66. The number of rotatable bonds is 1. The molecule has 0 unspecified atom stereocenters. The van der Waals surface area contributed by atoms with Gasteiger partial charge in [0.25, 0.3) is 0 Å². The Morgan fingerprint density at radius 2 is 1.93 bits per heavy atom. The van der Waals surface area contributed by atoms with Crippen LogP contribution >= 0.6 is 11.6 Å². The molecule has 5 heteroatoms. The lowest BCUT2D eigenvalue weighted by molar-refractivity contribution is -0.199. The summed E-state index contributed by atoms with van der Waals surface area (Å²) in [6.07, 6.45) is 5.31. The number of fused-ring (bicyclic) bond motifs is 7. The molecule has 1 aromatic heterocycles. The molecule has 4 aliphatic carbocycles. The molecule has 4 aliphatic rings. The van der Waals surface area contributed by atoms with Crippen LogP contribution in [0.25, 0.3) is 0 Å². The van der Waals surface area contributed by atoms with Gasteiger partial charge in [-0.15, -0.1) is 0 Å². The summed E-state index contributed by atoms with van der Waals surface area (Å²) in [6.45, 7) is 8.50. The number of carbonyl (C=O) groups excluding carboxylic acids is 2. The second-order valence-electron chi connectivity index (χ2n) is 10.9. The summed E-state index contributed by atoms with van der Waals surface area (Å²) < 4.78 is 6.08. The molecular formula is C25H32ClNO3. The van der Waals surface area contributed by atoms with Crippen LogP contribution in [0.2, 0.25) is 5.15 Å². The first-order valence-corrected chi connectivity index (χ1v) is 11.9. The van der Waals surface area contributed by atoms with Crippen LogP contribution in [0.1, 0.15) is 71.1 Å². The quantitative estimate of drug-likeness (QED) is 0.457. The molecule has 0 radical (unpaired) electrons. The van der Waals surface area contributed by atoms with Crippen molar-refractivity contribution in [1.29, 1.82) is 0 Å². The molecule has 0 spiro atoms. The molecule has 1 heterocycles. The van der Waals surface area contributed by atoms with Crippen molar-refractivity contribution in [2.24, 2.45) is 35.0 Å². The highest BCUT2D eigenvalue weighted by Gasteiger charge is 2.65. The number of hydrogen-bond acceptors (Lipinski definition) is 4. The molecule has 0 aromatic carbocycles. The summed E-state index contributed by atoms with van der Waals surface area (Å²) in [4.78, 5) is 29.3. The molecule has 0 bridgehead atoms. The average molecular weight is 430 g/mol. The molecule has 3 fully saturated rings. The second-order valence-corrected chi connectivity index (χ2v) is 11.3. The van der Waals surface area contributed by atoms with Crippen LogP contribution in [0.4, 0.5) is 0 Å². The van der Waals surface area contributed by atoms with Gasteiger partial charge >= 0.3 is 5.97 Å². The topological polar surface area (TPSA) is 56.3 Å². The molecule has 5 rings (SSSR count). The highest BCUT2D eigenvalue weighted by atomic mass is 35.5. The number of pyridine rings is 1. The van der Waals surface area contributed by atoms with Gasteiger partial charge in [0.1, 0.15) is 17.0 Å².